The van der Waals surface area contributed by atoms with Crippen molar-refractivity contribution in [2.24, 2.45) is 0 Å². The van der Waals surface area contributed by atoms with Crippen LogP contribution in [0.4, 0.5) is 8.78 Å². The number of alkyl halides is 2. The third-order valence-electron chi connectivity index (χ3n) is 2.08. The Morgan fingerprint density at radius 3 is 2.76 bits per heavy atom. The standard InChI is InChI=1S/C10H7F2N5/c11-10(12)17-7(1-2-13)5-8(16-17)9-6-14-3-4-15-9/h3-6,10H,1H2. The maximum Gasteiger partial charge on any atom is 0.333 e. The lowest BCUT2D eigenvalue weighted by atomic mass is 10.2. The van der Waals surface area contributed by atoms with Crippen LogP contribution in [0.5, 0.6) is 0 Å². The summed E-state index contributed by atoms with van der Waals surface area (Å²) in [6, 6.07) is 3.23. The van der Waals surface area contributed by atoms with Gasteiger partial charge in [0.1, 0.15) is 11.4 Å². The third-order valence-corrected chi connectivity index (χ3v) is 2.08. The molecule has 0 spiro atoms. The fourth-order valence-electron chi connectivity index (χ4n) is 1.37. The number of hydrogen-bond acceptors (Lipinski definition) is 4. The SMILES string of the molecule is N#CCc1cc(-c2cnccn2)nn1C(F)F. The molecule has 0 amide bonds. The van der Waals surface area contributed by atoms with E-state index in [0.717, 1.165) is 0 Å². The minimum atomic E-state index is -2.77. The summed E-state index contributed by atoms with van der Waals surface area (Å²) < 4.78 is 25.8. The molecule has 0 saturated heterocycles. The predicted molar refractivity (Wildman–Crippen MR) is 53.8 cm³/mol. The highest BCUT2D eigenvalue weighted by molar-refractivity contribution is 5.52. The first-order valence-corrected chi connectivity index (χ1v) is 4.72. The van der Waals surface area contributed by atoms with Gasteiger partial charge >= 0.3 is 6.55 Å². The zero-order valence-electron chi connectivity index (χ0n) is 8.59. The van der Waals surface area contributed by atoms with E-state index < -0.39 is 6.55 Å². The van der Waals surface area contributed by atoms with E-state index in [0.29, 0.717) is 10.4 Å². The van der Waals surface area contributed by atoms with E-state index in [2.05, 4.69) is 15.1 Å². The van der Waals surface area contributed by atoms with Crippen LogP contribution in [0, 0.1) is 11.3 Å². The van der Waals surface area contributed by atoms with Crippen molar-refractivity contribution in [1.29, 1.82) is 5.26 Å². The second kappa shape index (κ2) is 4.65. The lowest BCUT2D eigenvalue weighted by Crippen LogP contribution is -2.04. The molecular weight excluding hydrogens is 228 g/mol. The smallest absolute Gasteiger partial charge is 0.261 e. The van der Waals surface area contributed by atoms with E-state index in [1.807, 2.05) is 6.07 Å². The van der Waals surface area contributed by atoms with Crippen LogP contribution in [-0.4, -0.2) is 19.7 Å². The lowest BCUT2D eigenvalue weighted by molar-refractivity contribution is 0.0542. The fraction of sp³-hybridized carbons (Fsp3) is 0.200. The first kappa shape index (κ1) is 11.1. The van der Waals surface area contributed by atoms with Crippen molar-refractivity contribution in [1.82, 2.24) is 19.7 Å². The highest BCUT2D eigenvalue weighted by Crippen LogP contribution is 2.20. The van der Waals surface area contributed by atoms with Gasteiger partial charge in [0.25, 0.3) is 0 Å². The molecule has 5 nitrogen and oxygen atoms in total. The van der Waals surface area contributed by atoms with Crippen molar-refractivity contribution in [3.05, 3.63) is 30.4 Å². The summed E-state index contributed by atoms with van der Waals surface area (Å²) in [7, 11) is 0. The van der Waals surface area contributed by atoms with Crippen molar-refractivity contribution < 1.29 is 8.78 Å². The predicted octanol–water partition coefficient (Wildman–Crippen LogP) is 1.80. The van der Waals surface area contributed by atoms with Crippen LogP contribution in [0.2, 0.25) is 0 Å². The molecule has 0 atom stereocenters. The maximum atomic E-state index is 12.6. The van der Waals surface area contributed by atoms with Crippen molar-refractivity contribution in [3.63, 3.8) is 0 Å². The summed E-state index contributed by atoms with van der Waals surface area (Å²) in [6.45, 7) is -2.77. The van der Waals surface area contributed by atoms with Gasteiger partial charge in [0.05, 0.1) is 24.4 Å². The highest BCUT2D eigenvalue weighted by Gasteiger charge is 2.16. The van der Waals surface area contributed by atoms with Gasteiger partial charge < -0.3 is 0 Å². The van der Waals surface area contributed by atoms with Crippen molar-refractivity contribution >= 4 is 0 Å². The number of rotatable bonds is 3. The van der Waals surface area contributed by atoms with Crippen LogP contribution in [0.1, 0.15) is 12.2 Å². The Morgan fingerprint density at radius 1 is 1.35 bits per heavy atom. The summed E-state index contributed by atoms with van der Waals surface area (Å²) in [6.07, 6.45) is 4.22. The molecule has 0 radical (unpaired) electrons. The van der Waals surface area contributed by atoms with Crippen molar-refractivity contribution in [2.75, 3.05) is 0 Å². The molecule has 0 aromatic carbocycles. The van der Waals surface area contributed by atoms with Crippen LogP contribution in [0.3, 0.4) is 0 Å². The second-order valence-corrected chi connectivity index (χ2v) is 3.17. The van der Waals surface area contributed by atoms with Gasteiger partial charge in [-0.3, -0.25) is 9.97 Å². The van der Waals surface area contributed by atoms with E-state index in [1.54, 1.807) is 0 Å². The van der Waals surface area contributed by atoms with Gasteiger partial charge in [0.15, 0.2) is 0 Å². The van der Waals surface area contributed by atoms with Crippen molar-refractivity contribution in [2.45, 2.75) is 13.0 Å². The van der Waals surface area contributed by atoms with Gasteiger partial charge in [-0.1, -0.05) is 0 Å². The Morgan fingerprint density at radius 2 is 2.18 bits per heavy atom. The van der Waals surface area contributed by atoms with E-state index in [1.165, 1.54) is 24.7 Å². The van der Waals surface area contributed by atoms with Crippen LogP contribution < -0.4 is 0 Å². The van der Waals surface area contributed by atoms with Crippen LogP contribution >= 0.6 is 0 Å². The van der Waals surface area contributed by atoms with E-state index in [9.17, 15) is 8.78 Å². The summed E-state index contributed by atoms with van der Waals surface area (Å²) in [5, 5.41) is 12.3. The largest absolute Gasteiger partial charge is 0.333 e. The molecule has 0 bridgehead atoms. The Labute approximate surface area is 95.4 Å². The van der Waals surface area contributed by atoms with Gasteiger partial charge in [-0.05, 0) is 6.07 Å². The van der Waals surface area contributed by atoms with E-state index in [-0.39, 0.29) is 17.8 Å². The quantitative estimate of drug-likeness (QED) is 0.813. The molecule has 0 aliphatic carbocycles. The first-order valence-electron chi connectivity index (χ1n) is 4.72. The van der Waals surface area contributed by atoms with Gasteiger partial charge in [-0.15, -0.1) is 0 Å². The molecule has 0 aliphatic heterocycles. The number of aromatic nitrogens is 4. The second-order valence-electron chi connectivity index (χ2n) is 3.17. The van der Waals surface area contributed by atoms with Crippen LogP contribution in [0.15, 0.2) is 24.7 Å². The summed E-state index contributed by atoms with van der Waals surface area (Å²) >= 11 is 0. The monoisotopic (exact) mass is 235 g/mol. The van der Waals surface area contributed by atoms with Crippen molar-refractivity contribution in [3.8, 4) is 17.5 Å². The topological polar surface area (TPSA) is 67.4 Å². The molecule has 0 N–H and O–H groups in total. The number of nitriles is 1. The normalized spacial score (nSPS) is 10.5. The fourth-order valence-corrected chi connectivity index (χ4v) is 1.37. The Kier molecular flexibility index (Phi) is 3.05. The summed E-state index contributed by atoms with van der Waals surface area (Å²) in [4.78, 5) is 7.78. The van der Waals surface area contributed by atoms with Crippen LogP contribution in [0.25, 0.3) is 11.4 Å². The van der Waals surface area contributed by atoms with E-state index >= 15 is 0 Å². The molecule has 17 heavy (non-hydrogen) atoms. The average Bonchev–Trinajstić information content (AvgIpc) is 2.75. The number of nitrogens with zero attached hydrogens (tertiary/aromatic N) is 5. The van der Waals surface area contributed by atoms with Gasteiger partial charge in [-0.2, -0.15) is 19.1 Å². The third kappa shape index (κ3) is 2.25. The molecule has 0 fully saturated rings. The van der Waals surface area contributed by atoms with Gasteiger partial charge in [-0.25, -0.2) is 4.68 Å². The van der Waals surface area contributed by atoms with Crippen LogP contribution in [-0.2, 0) is 6.42 Å². The zero-order valence-corrected chi connectivity index (χ0v) is 8.59. The molecule has 0 unspecified atom stereocenters. The zero-order chi connectivity index (χ0) is 12.3. The van der Waals surface area contributed by atoms with Gasteiger partial charge in [0, 0.05) is 12.4 Å². The lowest BCUT2D eigenvalue weighted by Gasteiger charge is -2.01. The molecule has 2 heterocycles. The van der Waals surface area contributed by atoms with E-state index in [4.69, 9.17) is 5.26 Å². The first-order chi connectivity index (χ1) is 8.22. The molecule has 2 aromatic rings. The number of halogens is 2. The van der Waals surface area contributed by atoms with Gasteiger partial charge in [0.2, 0.25) is 0 Å². The minimum absolute atomic E-state index is 0.127. The molecule has 2 rings (SSSR count). The minimum Gasteiger partial charge on any atom is -0.261 e. The molecule has 7 heteroatoms. The summed E-state index contributed by atoms with van der Waals surface area (Å²) in [5.41, 5.74) is 0.831. The average molecular weight is 235 g/mol. The Hall–Kier alpha value is -2.36. The Bertz CT molecular complexity index is 544. The highest BCUT2D eigenvalue weighted by atomic mass is 19.3. The maximum absolute atomic E-state index is 12.6. The molecule has 86 valence electrons. The Balaban J connectivity index is 2.44. The summed E-state index contributed by atoms with van der Waals surface area (Å²) in [5.74, 6) is 0. The molecule has 2 aromatic heterocycles. The number of hydrogen-bond donors (Lipinski definition) is 0. The molecular formula is C10H7F2N5. The molecule has 0 aliphatic rings. The molecule has 0 saturated carbocycles.